The Morgan fingerprint density at radius 3 is 2.65 bits per heavy atom. The normalized spacial score (nSPS) is 10.6. The van der Waals surface area contributed by atoms with Gasteiger partial charge in [0.25, 0.3) is 0 Å². The highest BCUT2D eigenvalue weighted by atomic mass is 16.3. The number of pyridine rings is 1. The zero-order valence-electron chi connectivity index (χ0n) is 13.2. The van der Waals surface area contributed by atoms with Crippen LogP contribution in [0.15, 0.2) is 41.0 Å². The van der Waals surface area contributed by atoms with Crippen LogP contribution in [0.4, 0.5) is 5.82 Å². The van der Waals surface area contributed by atoms with E-state index in [1.807, 2.05) is 19.1 Å². The van der Waals surface area contributed by atoms with Crippen molar-refractivity contribution in [1.82, 2.24) is 15.2 Å². The van der Waals surface area contributed by atoms with Gasteiger partial charge in [0.2, 0.25) is 11.8 Å². The van der Waals surface area contributed by atoms with Crippen LogP contribution in [0, 0.1) is 6.92 Å². The number of likely N-dealkylation sites (N-methyl/N-ethyl adjacent to an activating group) is 1. The maximum atomic E-state index is 11.9. The number of rotatable bonds is 7. The third-order valence-electron chi connectivity index (χ3n) is 3.02. The van der Waals surface area contributed by atoms with E-state index in [1.54, 1.807) is 36.4 Å². The second kappa shape index (κ2) is 8.09. The second-order valence-corrected chi connectivity index (χ2v) is 5.24. The third-order valence-corrected chi connectivity index (χ3v) is 3.02. The van der Waals surface area contributed by atoms with Gasteiger partial charge in [0.1, 0.15) is 11.6 Å². The monoisotopic (exact) mass is 316 g/mol. The van der Waals surface area contributed by atoms with Crippen molar-refractivity contribution < 1.29 is 14.0 Å². The molecule has 122 valence electrons. The highest BCUT2D eigenvalue weighted by molar-refractivity contribution is 5.91. The maximum absolute atomic E-state index is 11.9. The summed E-state index contributed by atoms with van der Waals surface area (Å²) in [5.74, 6) is 0.796. The zero-order valence-corrected chi connectivity index (χ0v) is 13.2. The van der Waals surface area contributed by atoms with Crippen LogP contribution in [0.25, 0.3) is 0 Å². The zero-order chi connectivity index (χ0) is 16.7. The number of carbonyl (C=O) groups excluding carboxylic acids is 2. The van der Waals surface area contributed by atoms with Gasteiger partial charge in [0.15, 0.2) is 0 Å². The first kappa shape index (κ1) is 16.7. The van der Waals surface area contributed by atoms with E-state index < -0.39 is 0 Å². The molecule has 0 radical (unpaired) electrons. The molecular formula is C16H20N4O3. The predicted molar refractivity (Wildman–Crippen MR) is 85.7 cm³/mol. The summed E-state index contributed by atoms with van der Waals surface area (Å²) in [7, 11) is 1.70. The number of furan rings is 1. The van der Waals surface area contributed by atoms with Crippen molar-refractivity contribution in [2.24, 2.45) is 0 Å². The number of nitrogens with zero attached hydrogens (tertiary/aromatic N) is 2. The first-order valence-corrected chi connectivity index (χ1v) is 7.24. The van der Waals surface area contributed by atoms with Gasteiger partial charge in [-0.15, -0.1) is 0 Å². The fourth-order valence-corrected chi connectivity index (χ4v) is 2.00. The summed E-state index contributed by atoms with van der Waals surface area (Å²) in [6.07, 6.45) is 1.55. The molecule has 7 heteroatoms. The molecule has 2 heterocycles. The maximum Gasteiger partial charge on any atom is 0.239 e. The minimum absolute atomic E-state index is 0.101. The summed E-state index contributed by atoms with van der Waals surface area (Å²) in [6, 6.07) is 8.94. The molecule has 2 aromatic rings. The van der Waals surface area contributed by atoms with Crippen LogP contribution in [-0.4, -0.2) is 41.8 Å². The number of aryl methyl sites for hydroxylation is 1. The van der Waals surface area contributed by atoms with E-state index in [0.29, 0.717) is 18.1 Å². The Kier molecular flexibility index (Phi) is 5.87. The lowest BCUT2D eigenvalue weighted by molar-refractivity contribution is -0.123. The molecule has 0 bridgehead atoms. The van der Waals surface area contributed by atoms with Gasteiger partial charge in [-0.3, -0.25) is 14.5 Å². The van der Waals surface area contributed by atoms with E-state index in [4.69, 9.17) is 4.42 Å². The molecule has 2 amide bonds. The SMILES string of the molecule is Cc1cccc(NC(=O)CN(C)CC(=O)NCc2ccco2)n1. The smallest absolute Gasteiger partial charge is 0.239 e. The van der Waals surface area contributed by atoms with Crippen molar-refractivity contribution in [3.8, 4) is 0 Å². The molecule has 0 spiro atoms. The van der Waals surface area contributed by atoms with E-state index in [9.17, 15) is 9.59 Å². The highest BCUT2D eigenvalue weighted by Gasteiger charge is 2.11. The van der Waals surface area contributed by atoms with E-state index in [0.717, 1.165) is 5.69 Å². The van der Waals surface area contributed by atoms with Crippen LogP contribution in [-0.2, 0) is 16.1 Å². The van der Waals surface area contributed by atoms with E-state index in [-0.39, 0.29) is 24.9 Å². The van der Waals surface area contributed by atoms with Crippen molar-refractivity contribution >= 4 is 17.6 Å². The Morgan fingerprint density at radius 2 is 1.96 bits per heavy atom. The molecule has 0 saturated heterocycles. The molecule has 0 atom stereocenters. The minimum Gasteiger partial charge on any atom is -0.467 e. The van der Waals surface area contributed by atoms with Crippen molar-refractivity contribution in [3.05, 3.63) is 48.0 Å². The number of hydrogen-bond donors (Lipinski definition) is 2. The molecule has 2 aromatic heterocycles. The average Bonchev–Trinajstić information content (AvgIpc) is 2.98. The molecular weight excluding hydrogens is 296 g/mol. The topological polar surface area (TPSA) is 87.5 Å². The summed E-state index contributed by atoms with van der Waals surface area (Å²) >= 11 is 0. The fraction of sp³-hybridized carbons (Fsp3) is 0.312. The molecule has 0 aliphatic carbocycles. The predicted octanol–water partition coefficient (Wildman–Crippen LogP) is 1.17. The van der Waals surface area contributed by atoms with Crippen LogP contribution in [0.2, 0.25) is 0 Å². The molecule has 0 aliphatic rings. The van der Waals surface area contributed by atoms with Crippen LogP contribution in [0.1, 0.15) is 11.5 Å². The van der Waals surface area contributed by atoms with Crippen molar-refractivity contribution in [1.29, 1.82) is 0 Å². The summed E-state index contributed by atoms with van der Waals surface area (Å²) < 4.78 is 5.13. The molecule has 0 aliphatic heterocycles. The second-order valence-electron chi connectivity index (χ2n) is 5.24. The molecule has 0 fully saturated rings. The van der Waals surface area contributed by atoms with E-state index in [2.05, 4.69) is 15.6 Å². The van der Waals surface area contributed by atoms with Crippen LogP contribution in [0.5, 0.6) is 0 Å². The number of aromatic nitrogens is 1. The third kappa shape index (κ3) is 5.91. The quantitative estimate of drug-likeness (QED) is 0.800. The van der Waals surface area contributed by atoms with Crippen molar-refractivity contribution in [2.45, 2.75) is 13.5 Å². The average molecular weight is 316 g/mol. The number of anilines is 1. The first-order chi connectivity index (χ1) is 11.0. The number of amides is 2. The van der Waals surface area contributed by atoms with Crippen LogP contribution < -0.4 is 10.6 Å². The van der Waals surface area contributed by atoms with Crippen LogP contribution >= 0.6 is 0 Å². The lowest BCUT2D eigenvalue weighted by Crippen LogP contribution is -2.38. The molecule has 23 heavy (non-hydrogen) atoms. The molecule has 0 saturated carbocycles. The van der Waals surface area contributed by atoms with Gasteiger partial charge in [0.05, 0.1) is 25.9 Å². The van der Waals surface area contributed by atoms with Crippen molar-refractivity contribution in [3.63, 3.8) is 0 Å². The molecule has 0 unspecified atom stereocenters. The minimum atomic E-state index is -0.218. The Morgan fingerprint density at radius 1 is 1.17 bits per heavy atom. The number of nitrogens with one attached hydrogen (secondary N) is 2. The van der Waals surface area contributed by atoms with Crippen molar-refractivity contribution in [2.75, 3.05) is 25.5 Å². The van der Waals surface area contributed by atoms with Gasteiger partial charge in [-0.1, -0.05) is 6.07 Å². The molecule has 7 nitrogen and oxygen atoms in total. The molecule has 2 N–H and O–H groups in total. The van der Waals surface area contributed by atoms with Gasteiger partial charge in [-0.25, -0.2) is 4.98 Å². The standard InChI is InChI=1S/C16H20N4O3/c1-12-5-3-7-14(18-12)19-16(22)11-20(2)10-15(21)17-9-13-6-4-8-23-13/h3-8H,9-11H2,1-2H3,(H,17,21)(H,18,19,22). The highest BCUT2D eigenvalue weighted by Crippen LogP contribution is 2.03. The number of carbonyl (C=O) groups is 2. The lowest BCUT2D eigenvalue weighted by atomic mass is 10.3. The van der Waals surface area contributed by atoms with Gasteiger partial charge >= 0.3 is 0 Å². The molecule has 2 rings (SSSR count). The van der Waals surface area contributed by atoms with Gasteiger partial charge in [-0.2, -0.15) is 0 Å². The Bertz CT molecular complexity index is 655. The van der Waals surface area contributed by atoms with Crippen LogP contribution in [0.3, 0.4) is 0 Å². The first-order valence-electron chi connectivity index (χ1n) is 7.24. The summed E-state index contributed by atoms with van der Waals surface area (Å²) in [6.45, 7) is 2.41. The Hall–Kier alpha value is -2.67. The Labute approximate surface area is 134 Å². The van der Waals surface area contributed by atoms with Gasteiger partial charge < -0.3 is 15.1 Å². The van der Waals surface area contributed by atoms with E-state index >= 15 is 0 Å². The largest absolute Gasteiger partial charge is 0.467 e. The number of hydrogen-bond acceptors (Lipinski definition) is 5. The van der Waals surface area contributed by atoms with E-state index in [1.165, 1.54) is 0 Å². The fourth-order valence-electron chi connectivity index (χ4n) is 2.00. The molecule has 0 aromatic carbocycles. The Balaban J connectivity index is 1.71. The van der Waals surface area contributed by atoms with Gasteiger partial charge in [-0.05, 0) is 38.2 Å². The summed E-state index contributed by atoms with van der Waals surface area (Å²) in [4.78, 5) is 29.5. The summed E-state index contributed by atoms with van der Waals surface area (Å²) in [5, 5.41) is 5.43. The van der Waals surface area contributed by atoms with Gasteiger partial charge in [0, 0.05) is 5.69 Å². The summed E-state index contributed by atoms with van der Waals surface area (Å²) in [5.41, 5.74) is 0.827. The lowest BCUT2D eigenvalue weighted by Gasteiger charge is -2.15.